The Morgan fingerprint density at radius 3 is 2.26 bits per heavy atom. The highest BCUT2D eigenvalue weighted by atomic mass is 16.4. The van der Waals surface area contributed by atoms with Gasteiger partial charge in [-0.15, -0.1) is 0 Å². The average molecular weight is 275 g/mol. The van der Waals surface area contributed by atoms with Gasteiger partial charge in [0.2, 0.25) is 5.91 Å². The lowest BCUT2D eigenvalue weighted by molar-refractivity contribution is -0.155. The van der Waals surface area contributed by atoms with Crippen molar-refractivity contribution in [3.63, 3.8) is 0 Å². The zero-order chi connectivity index (χ0) is 15.2. The van der Waals surface area contributed by atoms with Crippen LogP contribution < -0.4 is 10.6 Å². The van der Waals surface area contributed by atoms with E-state index < -0.39 is 24.1 Å². The lowest BCUT2D eigenvalue weighted by Crippen LogP contribution is -2.51. The Balaban J connectivity index is 4.22. The molecule has 0 radical (unpaired) electrons. The van der Waals surface area contributed by atoms with Crippen molar-refractivity contribution in [3.05, 3.63) is 0 Å². The lowest BCUT2D eigenvalue weighted by atomic mass is 10.1. The van der Waals surface area contributed by atoms with E-state index in [0.717, 1.165) is 11.8 Å². The SMILES string of the molecule is CC(C)NC(=O)CN(C)C(=O)NCC(C)(O)C(=O)O. The molecule has 0 fully saturated rings. The van der Waals surface area contributed by atoms with E-state index in [-0.39, 0.29) is 18.5 Å². The molecule has 0 heterocycles. The number of urea groups is 1. The average Bonchev–Trinajstić information content (AvgIpc) is 2.24. The fourth-order valence-corrected chi connectivity index (χ4v) is 1.11. The maximum absolute atomic E-state index is 11.6. The van der Waals surface area contributed by atoms with Crippen LogP contribution in [0.15, 0.2) is 0 Å². The number of likely N-dealkylation sites (N-methyl/N-ethyl adjacent to an activating group) is 1. The normalized spacial score (nSPS) is 13.6. The number of nitrogens with zero attached hydrogens (tertiary/aromatic N) is 1. The van der Waals surface area contributed by atoms with Gasteiger partial charge in [-0.2, -0.15) is 0 Å². The zero-order valence-corrected chi connectivity index (χ0v) is 11.6. The molecule has 0 aromatic heterocycles. The molecule has 0 aromatic rings. The molecule has 0 saturated heterocycles. The number of carboxylic acid groups (broad SMARTS) is 1. The molecule has 8 heteroatoms. The summed E-state index contributed by atoms with van der Waals surface area (Å²) in [7, 11) is 1.39. The molecule has 0 aliphatic heterocycles. The number of nitrogens with one attached hydrogen (secondary N) is 2. The summed E-state index contributed by atoms with van der Waals surface area (Å²) in [5.41, 5.74) is -2.04. The molecule has 19 heavy (non-hydrogen) atoms. The van der Waals surface area contributed by atoms with E-state index in [2.05, 4.69) is 10.6 Å². The van der Waals surface area contributed by atoms with Gasteiger partial charge in [-0.05, 0) is 20.8 Å². The van der Waals surface area contributed by atoms with E-state index in [1.54, 1.807) is 13.8 Å². The van der Waals surface area contributed by atoms with Crippen molar-refractivity contribution < 1.29 is 24.6 Å². The van der Waals surface area contributed by atoms with Crippen LogP contribution in [0.2, 0.25) is 0 Å². The van der Waals surface area contributed by atoms with Crippen LogP contribution in [-0.2, 0) is 9.59 Å². The predicted molar refractivity (Wildman–Crippen MR) is 67.6 cm³/mol. The van der Waals surface area contributed by atoms with E-state index in [1.807, 2.05) is 0 Å². The summed E-state index contributed by atoms with van der Waals surface area (Å²) in [5.74, 6) is -1.76. The van der Waals surface area contributed by atoms with Crippen molar-refractivity contribution in [2.45, 2.75) is 32.4 Å². The summed E-state index contributed by atoms with van der Waals surface area (Å²) in [5, 5.41) is 22.9. The highest BCUT2D eigenvalue weighted by Crippen LogP contribution is 2.01. The van der Waals surface area contributed by atoms with Gasteiger partial charge in [0.1, 0.15) is 6.54 Å². The first-order chi connectivity index (χ1) is 8.56. The second kappa shape index (κ2) is 6.93. The molecule has 0 spiro atoms. The Morgan fingerprint density at radius 2 is 1.84 bits per heavy atom. The third kappa shape index (κ3) is 6.61. The summed E-state index contributed by atoms with van der Waals surface area (Å²) in [6, 6.07) is -0.669. The van der Waals surface area contributed by atoms with Gasteiger partial charge in [0.15, 0.2) is 5.60 Å². The van der Waals surface area contributed by atoms with Gasteiger partial charge in [-0.1, -0.05) is 0 Å². The highest BCUT2D eigenvalue weighted by molar-refractivity contribution is 5.84. The highest BCUT2D eigenvalue weighted by Gasteiger charge is 2.30. The van der Waals surface area contributed by atoms with Crippen LogP contribution in [0, 0.1) is 0 Å². The van der Waals surface area contributed by atoms with E-state index in [1.165, 1.54) is 7.05 Å². The monoisotopic (exact) mass is 275 g/mol. The van der Waals surface area contributed by atoms with Crippen molar-refractivity contribution in [2.24, 2.45) is 0 Å². The van der Waals surface area contributed by atoms with Crippen LogP contribution in [0.4, 0.5) is 4.79 Å². The molecule has 8 nitrogen and oxygen atoms in total. The third-order valence-corrected chi connectivity index (χ3v) is 2.22. The topological polar surface area (TPSA) is 119 Å². The largest absolute Gasteiger partial charge is 0.479 e. The molecular formula is C11H21N3O5. The predicted octanol–water partition coefficient (Wildman–Crippen LogP) is -1.01. The molecule has 0 aromatic carbocycles. The van der Waals surface area contributed by atoms with Crippen LogP contribution in [0.1, 0.15) is 20.8 Å². The minimum absolute atomic E-state index is 0.0308. The molecule has 1 unspecified atom stereocenters. The molecule has 3 amide bonds. The molecule has 1 atom stereocenters. The van der Waals surface area contributed by atoms with E-state index in [9.17, 15) is 19.5 Å². The first-order valence-electron chi connectivity index (χ1n) is 5.80. The molecule has 4 N–H and O–H groups in total. The fourth-order valence-electron chi connectivity index (χ4n) is 1.11. The van der Waals surface area contributed by atoms with Gasteiger partial charge >= 0.3 is 12.0 Å². The zero-order valence-electron chi connectivity index (χ0n) is 11.6. The molecule has 0 aliphatic carbocycles. The third-order valence-electron chi connectivity index (χ3n) is 2.22. The minimum Gasteiger partial charge on any atom is -0.479 e. The van der Waals surface area contributed by atoms with Crippen molar-refractivity contribution in [3.8, 4) is 0 Å². The van der Waals surface area contributed by atoms with Crippen molar-refractivity contribution in [2.75, 3.05) is 20.1 Å². The smallest absolute Gasteiger partial charge is 0.337 e. The van der Waals surface area contributed by atoms with Crippen molar-refractivity contribution in [1.29, 1.82) is 0 Å². The van der Waals surface area contributed by atoms with Gasteiger partial charge < -0.3 is 25.7 Å². The number of carbonyl (C=O) groups is 3. The number of amides is 3. The summed E-state index contributed by atoms with van der Waals surface area (Å²) in [6.45, 7) is 4.06. The molecular weight excluding hydrogens is 254 g/mol. The number of rotatable bonds is 6. The second-order valence-electron chi connectivity index (χ2n) is 4.82. The maximum atomic E-state index is 11.6. The molecule has 0 rings (SSSR count). The fraction of sp³-hybridized carbons (Fsp3) is 0.727. The quantitative estimate of drug-likeness (QED) is 0.495. The number of aliphatic hydroxyl groups is 1. The van der Waals surface area contributed by atoms with E-state index in [4.69, 9.17) is 5.11 Å². The summed E-state index contributed by atoms with van der Waals surface area (Å²) in [4.78, 5) is 34.7. The lowest BCUT2D eigenvalue weighted by Gasteiger charge is -2.22. The van der Waals surface area contributed by atoms with Gasteiger partial charge in [-0.3, -0.25) is 4.79 Å². The number of carboxylic acids is 1. The Bertz CT molecular complexity index is 354. The summed E-state index contributed by atoms with van der Waals surface area (Å²) >= 11 is 0. The van der Waals surface area contributed by atoms with Gasteiger partial charge in [0, 0.05) is 13.1 Å². The van der Waals surface area contributed by atoms with Crippen LogP contribution in [0.5, 0.6) is 0 Å². The van der Waals surface area contributed by atoms with E-state index >= 15 is 0 Å². The van der Waals surface area contributed by atoms with Crippen molar-refractivity contribution in [1.82, 2.24) is 15.5 Å². The Labute approximate surface area is 111 Å². The number of aliphatic carboxylic acids is 1. The van der Waals surface area contributed by atoms with E-state index in [0.29, 0.717) is 0 Å². The number of hydrogen-bond donors (Lipinski definition) is 4. The first kappa shape index (κ1) is 17.2. The van der Waals surface area contributed by atoms with Gasteiger partial charge in [0.25, 0.3) is 0 Å². The van der Waals surface area contributed by atoms with Crippen LogP contribution in [0.25, 0.3) is 0 Å². The second-order valence-corrected chi connectivity index (χ2v) is 4.82. The minimum atomic E-state index is -2.04. The van der Waals surface area contributed by atoms with Crippen LogP contribution >= 0.6 is 0 Å². The van der Waals surface area contributed by atoms with Gasteiger partial charge in [-0.25, -0.2) is 9.59 Å². The molecule has 0 aliphatic rings. The standard InChI is InChI=1S/C11H21N3O5/c1-7(2)13-8(15)5-14(4)10(18)12-6-11(3,19)9(16)17/h7,19H,5-6H2,1-4H3,(H,12,18)(H,13,15)(H,16,17). The Kier molecular flexibility index (Phi) is 6.26. The molecule has 0 saturated carbocycles. The van der Waals surface area contributed by atoms with Crippen molar-refractivity contribution >= 4 is 17.9 Å². The van der Waals surface area contributed by atoms with Gasteiger partial charge in [0.05, 0.1) is 6.54 Å². The Hall–Kier alpha value is -1.83. The van der Waals surface area contributed by atoms with Crippen LogP contribution in [0.3, 0.4) is 0 Å². The maximum Gasteiger partial charge on any atom is 0.337 e. The first-order valence-corrected chi connectivity index (χ1v) is 5.80. The number of hydrogen-bond acceptors (Lipinski definition) is 4. The number of carbonyl (C=O) groups excluding carboxylic acids is 2. The molecule has 0 bridgehead atoms. The Morgan fingerprint density at radius 1 is 1.32 bits per heavy atom. The summed E-state index contributed by atoms with van der Waals surface area (Å²) < 4.78 is 0. The molecule has 110 valence electrons. The summed E-state index contributed by atoms with van der Waals surface area (Å²) in [6.07, 6.45) is 0. The van der Waals surface area contributed by atoms with Crippen LogP contribution in [-0.4, -0.2) is 64.8 Å².